The summed E-state index contributed by atoms with van der Waals surface area (Å²) in [6.45, 7) is 2.12. The van der Waals surface area contributed by atoms with Crippen molar-refractivity contribution in [1.82, 2.24) is 9.55 Å². The summed E-state index contributed by atoms with van der Waals surface area (Å²) in [6, 6.07) is 6.91. The molecule has 0 bridgehead atoms. The molecule has 100 valence electrons. The van der Waals surface area contributed by atoms with Gasteiger partial charge in [-0.25, -0.2) is 4.98 Å². The Morgan fingerprint density at radius 2 is 2.05 bits per heavy atom. The summed E-state index contributed by atoms with van der Waals surface area (Å²) in [5.74, 6) is 0.967. The van der Waals surface area contributed by atoms with Crippen molar-refractivity contribution in [2.75, 3.05) is 5.75 Å². The second-order valence-corrected chi connectivity index (χ2v) is 5.67. The molecule has 0 radical (unpaired) electrons. The van der Waals surface area contributed by atoms with Gasteiger partial charge in [0.1, 0.15) is 5.69 Å². The highest BCUT2D eigenvalue weighted by molar-refractivity contribution is 7.99. The average Bonchev–Trinajstić information content (AvgIpc) is 2.78. The predicted molar refractivity (Wildman–Crippen MR) is 79.1 cm³/mol. The van der Waals surface area contributed by atoms with Crippen molar-refractivity contribution in [3.05, 3.63) is 46.7 Å². The second-order valence-electron chi connectivity index (χ2n) is 4.17. The number of ketones is 1. The van der Waals surface area contributed by atoms with E-state index in [4.69, 9.17) is 11.6 Å². The zero-order valence-corrected chi connectivity index (χ0v) is 12.5. The summed E-state index contributed by atoms with van der Waals surface area (Å²) in [5, 5.41) is 1.50. The van der Waals surface area contributed by atoms with Crippen LogP contribution >= 0.6 is 23.4 Å². The van der Waals surface area contributed by atoms with Gasteiger partial charge in [-0.3, -0.25) is 4.79 Å². The molecule has 0 aliphatic heterocycles. The summed E-state index contributed by atoms with van der Waals surface area (Å²) in [4.78, 5) is 16.6. The molecule has 0 amide bonds. The maximum absolute atomic E-state index is 12.4. The van der Waals surface area contributed by atoms with E-state index >= 15 is 0 Å². The third-order valence-electron chi connectivity index (χ3n) is 2.72. The van der Waals surface area contributed by atoms with Gasteiger partial charge in [-0.2, -0.15) is 0 Å². The lowest BCUT2D eigenvalue weighted by molar-refractivity contribution is 0.103. The Labute approximate surface area is 122 Å². The van der Waals surface area contributed by atoms with Crippen molar-refractivity contribution >= 4 is 29.1 Å². The quantitative estimate of drug-likeness (QED) is 0.621. The lowest BCUT2D eigenvalue weighted by Gasteiger charge is -2.04. The number of nitrogens with zero attached hydrogens (tertiary/aromatic N) is 2. The molecule has 1 aromatic heterocycles. The van der Waals surface area contributed by atoms with Crippen molar-refractivity contribution < 1.29 is 4.79 Å². The number of thioether (sulfide) groups is 1. The topological polar surface area (TPSA) is 34.9 Å². The highest BCUT2D eigenvalue weighted by Crippen LogP contribution is 2.20. The van der Waals surface area contributed by atoms with Crippen LogP contribution in [0, 0.1) is 0 Å². The average molecular weight is 295 g/mol. The molecule has 3 nitrogen and oxygen atoms in total. The standard InChI is InChI=1S/C14H15ClN2OS/c1-3-8-19-14-16-9-12(17(14)2)13(18)10-4-6-11(15)7-5-10/h4-7,9H,3,8H2,1-2H3. The van der Waals surface area contributed by atoms with Crippen LogP contribution in [0.25, 0.3) is 0 Å². The number of aromatic nitrogens is 2. The van der Waals surface area contributed by atoms with E-state index < -0.39 is 0 Å². The Hall–Kier alpha value is -1.26. The number of carbonyl (C=O) groups excluding carboxylic acids is 1. The lowest BCUT2D eigenvalue weighted by atomic mass is 10.1. The normalized spacial score (nSPS) is 10.7. The van der Waals surface area contributed by atoms with Crippen LogP contribution in [0.4, 0.5) is 0 Å². The Balaban J connectivity index is 2.24. The van der Waals surface area contributed by atoms with E-state index in [1.165, 1.54) is 0 Å². The first-order valence-electron chi connectivity index (χ1n) is 6.08. The van der Waals surface area contributed by atoms with E-state index in [1.807, 2.05) is 11.6 Å². The minimum Gasteiger partial charge on any atom is -0.319 e. The van der Waals surface area contributed by atoms with Crippen LogP contribution in [0.3, 0.4) is 0 Å². The summed E-state index contributed by atoms with van der Waals surface area (Å²) < 4.78 is 1.84. The number of carbonyl (C=O) groups is 1. The van der Waals surface area contributed by atoms with E-state index in [0.717, 1.165) is 17.3 Å². The van der Waals surface area contributed by atoms with Gasteiger partial charge in [0.25, 0.3) is 0 Å². The molecule has 19 heavy (non-hydrogen) atoms. The van der Waals surface area contributed by atoms with E-state index in [2.05, 4.69) is 11.9 Å². The first kappa shape index (κ1) is 14.2. The molecular formula is C14H15ClN2OS. The molecule has 5 heteroatoms. The SMILES string of the molecule is CCCSc1ncc(C(=O)c2ccc(Cl)cc2)n1C. The molecule has 2 rings (SSSR count). The van der Waals surface area contributed by atoms with Crippen LogP contribution < -0.4 is 0 Å². The summed E-state index contributed by atoms with van der Waals surface area (Å²) in [7, 11) is 1.87. The van der Waals surface area contributed by atoms with Crippen LogP contribution in [0.5, 0.6) is 0 Å². The lowest BCUT2D eigenvalue weighted by Crippen LogP contribution is -2.07. The Morgan fingerprint density at radius 1 is 1.37 bits per heavy atom. The highest BCUT2D eigenvalue weighted by Gasteiger charge is 2.15. The molecule has 0 spiro atoms. The van der Waals surface area contributed by atoms with Crippen LogP contribution in [-0.4, -0.2) is 21.1 Å². The molecule has 0 unspecified atom stereocenters. The number of halogens is 1. The van der Waals surface area contributed by atoms with E-state index in [-0.39, 0.29) is 5.78 Å². The minimum atomic E-state index is -0.0324. The zero-order chi connectivity index (χ0) is 13.8. The maximum atomic E-state index is 12.4. The van der Waals surface area contributed by atoms with Gasteiger partial charge in [-0.1, -0.05) is 30.3 Å². The molecule has 0 aliphatic carbocycles. The van der Waals surface area contributed by atoms with Gasteiger partial charge in [-0.05, 0) is 30.7 Å². The van der Waals surface area contributed by atoms with Crippen LogP contribution in [0.1, 0.15) is 29.4 Å². The molecule has 1 aromatic carbocycles. The third kappa shape index (κ3) is 3.19. The van der Waals surface area contributed by atoms with Gasteiger partial charge in [0.2, 0.25) is 5.78 Å². The van der Waals surface area contributed by atoms with Gasteiger partial charge in [0.15, 0.2) is 5.16 Å². The summed E-state index contributed by atoms with van der Waals surface area (Å²) in [5.41, 5.74) is 1.22. The van der Waals surface area contributed by atoms with E-state index in [0.29, 0.717) is 16.3 Å². The zero-order valence-electron chi connectivity index (χ0n) is 10.9. The summed E-state index contributed by atoms with van der Waals surface area (Å²) in [6.07, 6.45) is 2.72. The van der Waals surface area contributed by atoms with Gasteiger partial charge in [-0.15, -0.1) is 0 Å². The number of rotatable bonds is 5. The summed E-state index contributed by atoms with van der Waals surface area (Å²) >= 11 is 7.48. The molecule has 0 N–H and O–H groups in total. The molecule has 0 saturated carbocycles. The van der Waals surface area contributed by atoms with Crippen LogP contribution in [-0.2, 0) is 7.05 Å². The monoisotopic (exact) mass is 294 g/mol. The number of hydrogen-bond donors (Lipinski definition) is 0. The first-order chi connectivity index (χ1) is 9.13. The molecule has 2 aromatic rings. The minimum absolute atomic E-state index is 0.0324. The molecule has 0 fully saturated rings. The molecule has 0 aliphatic rings. The van der Waals surface area contributed by atoms with E-state index in [9.17, 15) is 4.79 Å². The number of benzene rings is 1. The fraction of sp³-hybridized carbons (Fsp3) is 0.286. The second kappa shape index (κ2) is 6.26. The van der Waals surface area contributed by atoms with Gasteiger partial charge in [0.05, 0.1) is 6.20 Å². The van der Waals surface area contributed by atoms with Crippen molar-refractivity contribution in [3.63, 3.8) is 0 Å². The maximum Gasteiger partial charge on any atom is 0.211 e. The number of imidazole rings is 1. The Morgan fingerprint density at radius 3 is 2.68 bits per heavy atom. The Bertz CT molecular complexity index is 578. The molecule has 1 heterocycles. The first-order valence-corrected chi connectivity index (χ1v) is 7.44. The largest absolute Gasteiger partial charge is 0.319 e. The van der Waals surface area contributed by atoms with Gasteiger partial charge < -0.3 is 4.57 Å². The van der Waals surface area contributed by atoms with Crippen molar-refractivity contribution in [3.8, 4) is 0 Å². The fourth-order valence-corrected chi connectivity index (χ4v) is 2.61. The predicted octanol–water partition coefficient (Wildman–Crippen LogP) is 3.81. The van der Waals surface area contributed by atoms with E-state index in [1.54, 1.807) is 42.2 Å². The van der Waals surface area contributed by atoms with Crippen LogP contribution in [0.2, 0.25) is 5.02 Å². The number of hydrogen-bond acceptors (Lipinski definition) is 3. The van der Waals surface area contributed by atoms with Crippen LogP contribution in [0.15, 0.2) is 35.6 Å². The highest BCUT2D eigenvalue weighted by atomic mass is 35.5. The van der Waals surface area contributed by atoms with Crippen molar-refractivity contribution in [2.24, 2.45) is 7.05 Å². The van der Waals surface area contributed by atoms with Crippen molar-refractivity contribution in [1.29, 1.82) is 0 Å². The van der Waals surface area contributed by atoms with Gasteiger partial charge in [0, 0.05) is 23.4 Å². The molecule has 0 saturated heterocycles. The van der Waals surface area contributed by atoms with Crippen molar-refractivity contribution in [2.45, 2.75) is 18.5 Å². The van der Waals surface area contributed by atoms with Gasteiger partial charge >= 0.3 is 0 Å². The third-order valence-corrected chi connectivity index (χ3v) is 4.22. The smallest absolute Gasteiger partial charge is 0.211 e. The Kier molecular flexibility index (Phi) is 4.66. The molecular weight excluding hydrogens is 280 g/mol. The molecule has 0 atom stereocenters. The fourth-order valence-electron chi connectivity index (χ4n) is 1.68.